The van der Waals surface area contributed by atoms with Gasteiger partial charge < -0.3 is 14.8 Å². The van der Waals surface area contributed by atoms with E-state index >= 15 is 0 Å². The predicted molar refractivity (Wildman–Crippen MR) is 65.4 cm³/mol. The van der Waals surface area contributed by atoms with Gasteiger partial charge in [0.25, 0.3) is 0 Å². The van der Waals surface area contributed by atoms with Gasteiger partial charge >= 0.3 is 5.97 Å². The monoisotopic (exact) mass is 233 g/mol. The Morgan fingerprint density at radius 1 is 1.35 bits per heavy atom. The zero-order valence-electron chi connectivity index (χ0n) is 9.84. The van der Waals surface area contributed by atoms with Gasteiger partial charge in [0.1, 0.15) is 11.4 Å². The summed E-state index contributed by atoms with van der Waals surface area (Å²) in [5.41, 5.74) is 1.10. The molecule has 2 rings (SSSR count). The van der Waals surface area contributed by atoms with Crippen molar-refractivity contribution in [1.29, 1.82) is 0 Å². The molecule has 0 bridgehead atoms. The number of hydrogen-bond acceptors (Lipinski definition) is 2. The van der Waals surface area contributed by atoms with Gasteiger partial charge in [-0.05, 0) is 30.2 Å². The molecule has 1 heterocycles. The first-order valence-electron chi connectivity index (χ1n) is 5.54. The van der Waals surface area contributed by atoms with Crippen LogP contribution >= 0.6 is 0 Å². The molecule has 0 amide bonds. The third-order valence-electron chi connectivity index (χ3n) is 2.65. The number of nitrogens with zero attached hydrogens (tertiary/aromatic N) is 1. The highest BCUT2D eigenvalue weighted by atomic mass is 16.4. The van der Waals surface area contributed by atoms with E-state index in [-0.39, 0.29) is 11.4 Å². The van der Waals surface area contributed by atoms with Crippen molar-refractivity contribution in [1.82, 2.24) is 4.57 Å². The third kappa shape index (κ3) is 2.11. The molecule has 0 saturated heterocycles. The Balaban J connectivity index is 2.66. The van der Waals surface area contributed by atoms with Crippen molar-refractivity contribution in [2.75, 3.05) is 0 Å². The van der Waals surface area contributed by atoms with Gasteiger partial charge in [0, 0.05) is 17.4 Å². The standard InChI is InChI=1S/C13H15NO3/c1-8(2)7-14-11-4-3-10(15)5-9(11)6-12(14)13(16)17/h3-6,8,15H,7H2,1-2H3,(H,16,17). The van der Waals surface area contributed by atoms with Crippen molar-refractivity contribution in [2.45, 2.75) is 20.4 Å². The van der Waals surface area contributed by atoms with Gasteiger partial charge in [-0.25, -0.2) is 4.79 Å². The first-order chi connectivity index (χ1) is 7.99. The molecule has 0 fully saturated rings. The molecular formula is C13H15NO3. The Morgan fingerprint density at radius 2 is 2.06 bits per heavy atom. The van der Waals surface area contributed by atoms with Gasteiger partial charge in [-0.2, -0.15) is 0 Å². The molecule has 0 aliphatic rings. The van der Waals surface area contributed by atoms with Crippen molar-refractivity contribution in [3.63, 3.8) is 0 Å². The molecule has 2 aromatic rings. The predicted octanol–water partition coefficient (Wildman–Crippen LogP) is 2.70. The zero-order chi connectivity index (χ0) is 12.6. The maximum atomic E-state index is 11.2. The van der Waals surface area contributed by atoms with Crippen LogP contribution in [0.1, 0.15) is 24.3 Å². The number of carbonyl (C=O) groups is 1. The molecule has 2 N–H and O–H groups in total. The normalized spacial score (nSPS) is 11.2. The number of hydrogen-bond donors (Lipinski definition) is 2. The summed E-state index contributed by atoms with van der Waals surface area (Å²) in [7, 11) is 0. The van der Waals surface area contributed by atoms with Gasteiger partial charge in [0.2, 0.25) is 0 Å². The smallest absolute Gasteiger partial charge is 0.352 e. The topological polar surface area (TPSA) is 62.5 Å². The maximum absolute atomic E-state index is 11.2. The van der Waals surface area contributed by atoms with Crippen molar-refractivity contribution in [2.24, 2.45) is 5.92 Å². The molecule has 0 spiro atoms. The van der Waals surface area contributed by atoms with Crippen LogP contribution in [0.2, 0.25) is 0 Å². The lowest BCUT2D eigenvalue weighted by Gasteiger charge is -2.10. The molecule has 1 aromatic heterocycles. The zero-order valence-corrected chi connectivity index (χ0v) is 9.84. The molecule has 1 aromatic carbocycles. The Bertz CT molecular complexity index is 569. The van der Waals surface area contributed by atoms with Crippen molar-refractivity contribution in [3.05, 3.63) is 30.0 Å². The third-order valence-corrected chi connectivity index (χ3v) is 2.65. The number of fused-ring (bicyclic) bond motifs is 1. The van der Waals surface area contributed by atoms with E-state index in [4.69, 9.17) is 5.11 Å². The quantitative estimate of drug-likeness (QED) is 0.856. The summed E-state index contributed by atoms with van der Waals surface area (Å²) in [5.74, 6) is -0.435. The molecule has 0 aliphatic heterocycles. The first-order valence-corrected chi connectivity index (χ1v) is 5.54. The van der Waals surface area contributed by atoms with Crippen LogP contribution in [0.25, 0.3) is 10.9 Å². The van der Waals surface area contributed by atoms with E-state index in [0.717, 1.165) is 10.9 Å². The van der Waals surface area contributed by atoms with E-state index in [1.807, 2.05) is 13.8 Å². The number of aromatic hydroxyl groups is 1. The molecule has 0 radical (unpaired) electrons. The summed E-state index contributed by atoms with van der Waals surface area (Å²) in [6.07, 6.45) is 0. The number of phenolic OH excluding ortho intramolecular Hbond substituents is 1. The summed E-state index contributed by atoms with van der Waals surface area (Å²) in [6, 6.07) is 6.50. The number of phenols is 1. The van der Waals surface area contributed by atoms with Crippen LogP contribution in [0.4, 0.5) is 0 Å². The fraction of sp³-hybridized carbons (Fsp3) is 0.308. The van der Waals surface area contributed by atoms with E-state index in [2.05, 4.69) is 0 Å². The lowest BCUT2D eigenvalue weighted by atomic mass is 10.2. The number of carboxylic acids is 1. The highest BCUT2D eigenvalue weighted by molar-refractivity contribution is 5.95. The van der Waals surface area contributed by atoms with Crippen LogP contribution in [0.5, 0.6) is 5.75 Å². The Kier molecular flexibility index (Phi) is 2.79. The minimum absolute atomic E-state index is 0.149. The van der Waals surface area contributed by atoms with E-state index in [1.165, 1.54) is 0 Å². The van der Waals surface area contributed by atoms with E-state index in [0.29, 0.717) is 12.5 Å². The first kappa shape index (κ1) is 11.5. The molecule has 0 unspecified atom stereocenters. The minimum Gasteiger partial charge on any atom is -0.508 e. The van der Waals surface area contributed by atoms with Gasteiger partial charge in [0.15, 0.2) is 0 Å². The summed E-state index contributed by atoms with van der Waals surface area (Å²) < 4.78 is 1.78. The summed E-state index contributed by atoms with van der Waals surface area (Å²) in [6.45, 7) is 4.73. The summed E-state index contributed by atoms with van der Waals surface area (Å²) in [5, 5.41) is 19.3. The molecule has 0 atom stereocenters. The van der Waals surface area contributed by atoms with Crippen molar-refractivity contribution >= 4 is 16.9 Å². The maximum Gasteiger partial charge on any atom is 0.352 e. The summed E-state index contributed by atoms with van der Waals surface area (Å²) in [4.78, 5) is 11.2. The van der Waals surface area contributed by atoms with Gasteiger partial charge in [-0.3, -0.25) is 0 Å². The SMILES string of the molecule is CC(C)Cn1c(C(=O)O)cc2cc(O)ccc21. The van der Waals surface area contributed by atoms with Gasteiger partial charge in [-0.1, -0.05) is 13.8 Å². The number of aromatic carboxylic acids is 1. The average Bonchev–Trinajstić information content (AvgIpc) is 2.55. The molecule has 17 heavy (non-hydrogen) atoms. The average molecular weight is 233 g/mol. The van der Waals surface area contributed by atoms with Crippen LogP contribution in [0, 0.1) is 5.92 Å². The second-order valence-corrected chi connectivity index (χ2v) is 4.58. The molecule has 90 valence electrons. The second-order valence-electron chi connectivity index (χ2n) is 4.58. The highest BCUT2D eigenvalue weighted by Gasteiger charge is 2.15. The number of aromatic nitrogens is 1. The molecule has 0 aliphatic carbocycles. The lowest BCUT2D eigenvalue weighted by molar-refractivity contribution is 0.0685. The molecule has 4 heteroatoms. The van der Waals surface area contributed by atoms with Crippen LogP contribution in [-0.2, 0) is 6.54 Å². The number of benzene rings is 1. The molecular weight excluding hydrogens is 218 g/mol. The van der Waals surface area contributed by atoms with E-state index < -0.39 is 5.97 Å². The Hall–Kier alpha value is -1.97. The van der Waals surface area contributed by atoms with Crippen LogP contribution in [-0.4, -0.2) is 20.7 Å². The number of rotatable bonds is 3. The lowest BCUT2D eigenvalue weighted by Crippen LogP contribution is -2.11. The fourth-order valence-corrected chi connectivity index (χ4v) is 2.00. The van der Waals surface area contributed by atoms with Crippen LogP contribution in [0.15, 0.2) is 24.3 Å². The summed E-state index contributed by atoms with van der Waals surface area (Å²) >= 11 is 0. The molecule has 4 nitrogen and oxygen atoms in total. The molecule has 0 saturated carbocycles. The van der Waals surface area contributed by atoms with Crippen LogP contribution in [0.3, 0.4) is 0 Å². The van der Waals surface area contributed by atoms with Crippen molar-refractivity contribution < 1.29 is 15.0 Å². The fourth-order valence-electron chi connectivity index (χ4n) is 2.00. The largest absolute Gasteiger partial charge is 0.508 e. The minimum atomic E-state index is -0.943. The highest BCUT2D eigenvalue weighted by Crippen LogP contribution is 2.25. The van der Waals surface area contributed by atoms with E-state index in [9.17, 15) is 9.90 Å². The van der Waals surface area contributed by atoms with Crippen molar-refractivity contribution in [3.8, 4) is 5.75 Å². The second kappa shape index (κ2) is 4.13. The van der Waals surface area contributed by atoms with Crippen LogP contribution < -0.4 is 0 Å². The number of carboxylic acid groups (broad SMARTS) is 1. The Labute approximate surface area is 99.1 Å². The Morgan fingerprint density at radius 3 is 2.65 bits per heavy atom. The van der Waals surface area contributed by atoms with Gasteiger partial charge in [-0.15, -0.1) is 0 Å². The van der Waals surface area contributed by atoms with E-state index in [1.54, 1.807) is 28.8 Å². The van der Waals surface area contributed by atoms with Gasteiger partial charge in [0.05, 0.1) is 0 Å².